The van der Waals surface area contributed by atoms with E-state index in [4.69, 9.17) is 5.10 Å². The number of halogens is 1. The highest BCUT2D eigenvalue weighted by atomic mass is 127. The van der Waals surface area contributed by atoms with Gasteiger partial charge >= 0.3 is 0 Å². The van der Waals surface area contributed by atoms with Gasteiger partial charge in [0.15, 0.2) is 0 Å². The molecule has 1 aromatic heterocycles. The summed E-state index contributed by atoms with van der Waals surface area (Å²) in [6, 6.07) is 16.0. The minimum absolute atomic E-state index is 0.120. The normalized spacial score (nSPS) is 15.3. The van der Waals surface area contributed by atoms with E-state index in [-0.39, 0.29) is 5.91 Å². The summed E-state index contributed by atoms with van der Waals surface area (Å²) in [6.07, 6.45) is 1.91. The van der Waals surface area contributed by atoms with Crippen LogP contribution in [0.4, 0.5) is 5.69 Å². The van der Waals surface area contributed by atoms with Crippen molar-refractivity contribution in [3.05, 3.63) is 80.2 Å². The zero-order chi connectivity index (χ0) is 20.7. The number of carbonyl (C=O) groups is 1. The van der Waals surface area contributed by atoms with Gasteiger partial charge in [-0.1, -0.05) is 17.7 Å². The fraction of sp³-hybridized carbons (Fsp3) is 0.174. The van der Waals surface area contributed by atoms with E-state index < -0.39 is 0 Å². The van der Waals surface area contributed by atoms with Crippen LogP contribution in [0.2, 0.25) is 0 Å². The second-order valence-corrected chi connectivity index (χ2v) is 8.41. The Morgan fingerprint density at radius 3 is 2.17 bits per heavy atom. The number of hydrazone groups is 1. The number of aromatic nitrogens is 2. The van der Waals surface area contributed by atoms with Crippen LogP contribution in [0.15, 0.2) is 59.2 Å². The predicted molar refractivity (Wildman–Crippen MR) is 126 cm³/mol. The lowest BCUT2D eigenvalue weighted by molar-refractivity contribution is -0.114. The first-order valence-electron chi connectivity index (χ1n) is 9.35. The highest BCUT2D eigenvalue weighted by molar-refractivity contribution is 14.1. The molecule has 0 spiro atoms. The van der Waals surface area contributed by atoms with Crippen LogP contribution in [0.25, 0.3) is 11.8 Å². The van der Waals surface area contributed by atoms with Crippen molar-refractivity contribution in [2.75, 3.05) is 5.01 Å². The number of amides is 1. The van der Waals surface area contributed by atoms with Gasteiger partial charge in [-0.3, -0.25) is 4.79 Å². The van der Waals surface area contributed by atoms with Crippen LogP contribution >= 0.6 is 22.6 Å². The molecule has 2 aromatic carbocycles. The number of anilines is 1. The third-order valence-corrected chi connectivity index (χ3v) is 5.77. The number of rotatable bonds is 3. The van der Waals surface area contributed by atoms with E-state index >= 15 is 0 Å². The third kappa shape index (κ3) is 3.64. The molecule has 1 aliphatic rings. The summed E-state index contributed by atoms with van der Waals surface area (Å²) >= 11 is 2.24. The molecule has 4 rings (SSSR count). The minimum Gasteiger partial charge on any atom is -0.267 e. The molecule has 0 bridgehead atoms. The highest BCUT2D eigenvalue weighted by Crippen LogP contribution is 2.27. The van der Waals surface area contributed by atoms with Crippen molar-refractivity contribution >= 4 is 46.0 Å². The lowest BCUT2D eigenvalue weighted by atomic mass is 10.1. The summed E-state index contributed by atoms with van der Waals surface area (Å²) in [7, 11) is 0. The summed E-state index contributed by atoms with van der Waals surface area (Å²) in [5.41, 5.74) is 7.10. The van der Waals surface area contributed by atoms with E-state index in [2.05, 4.69) is 58.9 Å². The van der Waals surface area contributed by atoms with Crippen molar-refractivity contribution in [2.24, 2.45) is 5.10 Å². The van der Waals surface area contributed by atoms with Crippen LogP contribution in [0.3, 0.4) is 0 Å². The van der Waals surface area contributed by atoms with Gasteiger partial charge in [0, 0.05) is 14.8 Å². The molecule has 0 fully saturated rings. The summed E-state index contributed by atoms with van der Waals surface area (Å²) in [6.45, 7) is 7.92. The number of hydrogen-bond donors (Lipinski definition) is 0. The Morgan fingerprint density at radius 2 is 1.52 bits per heavy atom. The quantitative estimate of drug-likeness (QED) is 0.370. The van der Waals surface area contributed by atoms with E-state index in [1.165, 1.54) is 10.6 Å². The van der Waals surface area contributed by atoms with E-state index in [1.807, 2.05) is 55.8 Å². The first kappa shape index (κ1) is 19.6. The molecule has 3 aromatic rings. The van der Waals surface area contributed by atoms with Gasteiger partial charge in [0.2, 0.25) is 0 Å². The second kappa shape index (κ2) is 7.59. The van der Waals surface area contributed by atoms with Crippen LogP contribution in [-0.4, -0.2) is 21.4 Å². The van der Waals surface area contributed by atoms with Crippen LogP contribution in [0.5, 0.6) is 0 Å². The first-order valence-corrected chi connectivity index (χ1v) is 10.4. The largest absolute Gasteiger partial charge is 0.280 e. The van der Waals surface area contributed by atoms with Gasteiger partial charge < -0.3 is 0 Å². The molecule has 0 saturated heterocycles. The molecule has 6 heteroatoms. The van der Waals surface area contributed by atoms with Crippen molar-refractivity contribution in [1.82, 2.24) is 9.78 Å². The molecule has 0 atom stereocenters. The number of benzene rings is 2. The minimum atomic E-state index is -0.120. The predicted octanol–water partition coefficient (Wildman–Crippen LogP) is 5.21. The zero-order valence-electron chi connectivity index (χ0n) is 16.8. The average Bonchev–Trinajstić information content (AvgIpc) is 3.14. The van der Waals surface area contributed by atoms with E-state index in [9.17, 15) is 4.79 Å². The number of carbonyl (C=O) groups excluding carboxylic acids is 1. The maximum Gasteiger partial charge on any atom is 0.280 e. The molecule has 1 amide bonds. The van der Waals surface area contributed by atoms with E-state index in [1.54, 1.807) is 0 Å². The van der Waals surface area contributed by atoms with Crippen LogP contribution < -0.4 is 5.01 Å². The molecular formula is C23H21IN4O. The fourth-order valence-corrected chi connectivity index (χ4v) is 3.75. The molecule has 0 N–H and O–H groups in total. The lowest BCUT2D eigenvalue weighted by Crippen LogP contribution is -2.21. The molecule has 0 radical (unpaired) electrons. The molecule has 1 aliphatic heterocycles. The van der Waals surface area contributed by atoms with Crippen molar-refractivity contribution in [3.63, 3.8) is 0 Å². The Bertz CT molecular complexity index is 1150. The Balaban J connectivity index is 1.71. The van der Waals surface area contributed by atoms with Gasteiger partial charge in [0.25, 0.3) is 5.91 Å². The average molecular weight is 496 g/mol. The van der Waals surface area contributed by atoms with Crippen molar-refractivity contribution in [3.8, 4) is 5.69 Å². The van der Waals surface area contributed by atoms with Gasteiger partial charge in [-0.25, -0.2) is 4.68 Å². The molecule has 146 valence electrons. The maximum atomic E-state index is 13.1. The molecule has 0 unspecified atom stereocenters. The van der Waals surface area contributed by atoms with Gasteiger partial charge in [-0.05, 0) is 92.8 Å². The monoisotopic (exact) mass is 496 g/mol. The lowest BCUT2D eigenvalue weighted by Gasteiger charge is -2.11. The topological polar surface area (TPSA) is 50.5 Å². The summed E-state index contributed by atoms with van der Waals surface area (Å²) in [4.78, 5) is 13.1. The van der Waals surface area contributed by atoms with Crippen LogP contribution in [0, 0.1) is 24.3 Å². The number of nitrogens with zero attached hydrogens (tertiary/aromatic N) is 4. The van der Waals surface area contributed by atoms with Gasteiger partial charge in [-0.15, -0.1) is 0 Å². The SMILES string of the molecule is CC1=NN(c2ccc(I)cc2)C(=O)/C1=C/c1c(C)nn(-c2ccc(C)cc2)c1C. The zero-order valence-corrected chi connectivity index (χ0v) is 18.9. The Labute approximate surface area is 183 Å². The van der Waals surface area contributed by atoms with Gasteiger partial charge in [0.1, 0.15) is 0 Å². The van der Waals surface area contributed by atoms with Crippen molar-refractivity contribution in [2.45, 2.75) is 27.7 Å². The standard InChI is InChI=1S/C23H21IN4O/c1-14-5-9-19(10-6-14)27-17(4)21(15(2)25-27)13-22-16(3)26-28(23(22)29)20-11-7-18(24)8-12-20/h5-13H,1-4H3/b22-13+. The molecule has 29 heavy (non-hydrogen) atoms. The van der Waals surface area contributed by atoms with E-state index in [0.717, 1.165) is 31.9 Å². The maximum absolute atomic E-state index is 13.1. The van der Waals surface area contributed by atoms with Crippen LogP contribution in [-0.2, 0) is 4.79 Å². The fourth-order valence-electron chi connectivity index (χ4n) is 3.39. The first-order chi connectivity index (χ1) is 13.8. The molecule has 0 aliphatic carbocycles. The third-order valence-electron chi connectivity index (χ3n) is 5.05. The van der Waals surface area contributed by atoms with Gasteiger partial charge in [-0.2, -0.15) is 15.2 Å². The summed E-state index contributed by atoms with van der Waals surface area (Å²) in [5.74, 6) is -0.120. The molecule has 2 heterocycles. The summed E-state index contributed by atoms with van der Waals surface area (Å²) < 4.78 is 3.04. The van der Waals surface area contributed by atoms with Crippen molar-refractivity contribution in [1.29, 1.82) is 0 Å². The Hall–Kier alpha value is -2.74. The Morgan fingerprint density at radius 1 is 0.897 bits per heavy atom. The smallest absolute Gasteiger partial charge is 0.267 e. The number of hydrogen-bond acceptors (Lipinski definition) is 3. The van der Waals surface area contributed by atoms with Gasteiger partial charge in [0.05, 0.1) is 28.4 Å². The Kier molecular flexibility index (Phi) is 5.12. The highest BCUT2D eigenvalue weighted by Gasteiger charge is 2.29. The molecular weight excluding hydrogens is 475 g/mol. The number of aryl methyl sites for hydroxylation is 2. The van der Waals surface area contributed by atoms with Crippen LogP contribution in [0.1, 0.15) is 29.4 Å². The molecule has 0 saturated carbocycles. The summed E-state index contributed by atoms with van der Waals surface area (Å²) in [5, 5.41) is 10.6. The second-order valence-electron chi connectivity index (χ2n) is 7.17. The van der Waals surface area contributed by atoms with Crippen molar-refractivity contribution < 1.29 is 4.79 Å². The molecule has 5 nitrogen and oxygen atoms in total. The van der Waals surface area contributed by atoms with E-state index in [0.29, 0.717) is 11.3 Å².